The second-order valence-electron chi connectivity index (χ2n) is 5.56. The quantitative estimate of drug-likeness (QED) is 0.923. The summed E-state index contributed by atoms with van der Waals surface area (Å²) >= 11 is 0. The number of nitrogens with one attached hydrogen (secondary N) is 1. The summed E-state index contributed by atoms with van der Waals surface area (Å²) in [4.78, 5) is 14.1. The number of halogens is 2. The highest BCUT2D eigenvalue weighted by Gasteiger charge is 2.22. The summed E-state index contributed by atoms with van der Waals surface area (Å²) in [6.07, 6.45) is 4.13. The molecule has 5 heteroatoms. The van der Waals surface area contributed by atoms with Gasteiger partial charge in [-0.3, -0.25) is 4.79 Å². The fourth-order valence-corrected chi connectivity index (χ4v) is 2.89. The van der Waals surface area contributed by atoms with Gasteiger partial charge in [-0.15, -0.1) is 0 Å². The highest BCUT2D eigenvalue weighted by atomic mass is 19.1. The van der Waals surface area contributed by atoms with Crippen molar-refractivity contribution in [3.8, 4) is 0 Å². The Bertz CT molecular complexity index is 496. The summed E-state index contributed by atoms with van der Waals surface area (Å²) < 4.78 is 27.5. The van der Waals surface area contributed by atoms with E-state index >= 15 is 0 Å². The largest absolute Gasteiger partial charge is 0.383 e. The normalized spacial score (nSPS) is 19.2. The molecule has 1 fully saturated rings. The van der Waals surface area contributed by atoms with Crippen molar-refractivity contribution >= 4 is 11.6 Å². The van der Waals surface area contributed by atoms with Gasteiger partial charge < -0.3 is 10.2 Å². The lowest BCUT2D eigenvalue weighted by Crippen LogP contribution is -2.32. The zero-order chi connectivity index (χ0) is 15.4. The molecule has 1 aromatic carbocycles. The van der Waals surface area contributed by atoms with Crippen LogP contribution in [-0.2, 0) is 0 Å². The molecule has 1 aliphatic heterocycles. The summed E-state index contributed by atoms with van der Waals surface area (Å²) in [5.41, 5.74) is -0.118. The molecule has 2 rings (SSSR count). The first-order chi connectivity index (χ1) is 10.1. The number of hydrogen-bond donors (Lipinski definition) is 1. The Morgan fingerprint density at radius 3 is 2.52 bits per heavy atom. The Balaban J connectivity index is 2.16. The number of carbonyl (C=O) groups is 1. The first-order valence-electron chi connectivity index (χ1n) is 7.52. The number of carbonyl (C=O) groups excluding carboxylic acids is 1. The van der Waals surface area contributed by atoms with Crippen molar-refractivity contribution in [3.05, 3.63) is 29.3 Å². The SMILES string of the molecule is CCC1CCCN(C(=O)c2cc(F)c(NC)c(F)c2)CC1. The van der Waals surface area contributed by atoms with Crippen LogP contribution in [0.1, 0.15) is 43.0 Å². The van der Waals surface area contributed by atoms with Crippen LogP contribution in [0.5, 0.6) is 0 Å². The van der Waals surface area contributed by atoms with Crippen molar-refractivity contribution in [2.75, 3.05) is 25.5 Å². The molecule has 1 aromatic rings. The number of nitrogens with zero attached hydrogens (tertiary/aromatic N) is 1. The van der Waals surface area contributed by atoms with E-state index < -0.39 is 11.6 Å². The zero-order valence-electron chi connectivity index (χ0n) is 12.6. The van der Waals surface area contributed by atoms with E-state index in [2.05, 4.69) is 12.2 Å². The first-order valence-corrected chi connectivity index (χ1v) is 7.52. The fraction of sp³-hybridized carbons (Fsp3) is 0.562. The highest BCUT2D eigenvalue weighted by molar-refractivity contribution is 5.94. The molecule has 0 aromatic heterocycles. The Kier molecular flexibility index (Phi) is 5.15. The van der Waals surface area contributed by atoms with Gasteiger partial charge in [0.1, 0.15) is 17.3 Å². The van der Waals surface area contributed by atoms with Crippen LogP contribution < -0.4 is 5.32 Å². The van der Waals surface area contributed by atoms with Crippen LogP contribution in [0.15, 0.2) is 12.1 Å². The topological polar surface area (TPSA) is 32.3 Å². The van der Waals surface area contributed by atoms with Gasteiger partial charge in [-0.1, -0.05) is 13.3 Å². The summed E-state index contributed by atoms with van der Waals surface area (Å²) in [6, 6.07) is 2.22. The third-order valence-corrected chi connectivity index (χ3v) is 4.25. The molecule has 1 heterocycles. The van der Waals surface area contributed by atoms with E-state index in [4.69, 9.17) is 0 Å². The standard InChI is InChI=1S/C16H22F2N2O/c1-3-11-5-4-7-20(8-6-11)16(21)12-9-13(17)15(19-2)14(18)10-12/h9-11,19H,3-8H2,1-2H3. The van der Waals surface area contributed by atoms with Crippen molar-refractivity contribution in [3.63, 3.8) is 0 Å². The minimum atomic E-state index is -0.734. The highest BCUT2D eigenvalue weighted by Crippen LogP contribution is 2.24. The van der Waals surface area contributed by atoms with E-state index in [1.54, 1.807) is 4.90 Å². The molecule has 1 amide bonds. The third kappa shape index (κ3) is 3.52. The van der Waals surface area contributed by atoms with E-state index in [9.17, 15) is 13.6 Å². The van der Waals surface area contributed by atoms with Gasteiger partial charge in [0.15, 0.2) is 0 Å². The minimum absolute atomic E-state index is 0.0824. The van der Waals surface area contributed by atoms with Gasteiger partial charge in [-0.25, -0.2) is 8.78 Å². The van der Waals surface area contributed by atoms with Crippen molar-refractivity contribution in [2.45, 2.75) is 32.6 Å². The smallest absolute Gasteiger partial charge is 0.254 e. The maximum atomic E-state index is 13.8. The van der Waals surface area contributed by atoms with Crippen LogP contribution in [0.3, 0.4) is 0 Å². The second-order valence-corrected chi connectivity index (χ2v) is 5.56. The molecule has 116 valence electrons. The molecule has 0 aliphatic carbocycles. The Morgan fingerprint density at radius 2 is 1.95 bits per heavy atom. The van der Waals surface area contributed by atoms with Gasteiger partial charge in [0.2, 0.25) is 0 Å². The van der Waals surface area contributed by atoms with E-state index in [0.29, 0.717) is 19.0 Å². The average Bonchev–Trinajstić information content (AvgIpc) is 2.71. The number of anilines is 1. The zero-order valence-corrected chi connectivity index (χ0v) is 12.6. The summed E-state index contributed by atoms with van der Waals surface area (Å²) in [5, 5.41) is 2.46. The number of amides is 1. The molecule has 1 saturated heterocycles. The fourth-order valence-electron chi connectivity index (χ4n) is 2.89. The van der Waals surface area contributed by atoms with Crippen LogP contribution in [0.4, 0.5) is 14.5 Å². The van der Waals surface area contributed by atoms with E-state index in [-0.39, 0.29) is 17.2 Å². The van der Waals surface area contributed by atoms with E-state index in [0.717, 1.165) is 37.8 Å². The van der Waals surface area contributed by atoms with Gasteiger partial charge in [0.05, 0.1) is 0 Å². The molecule has 1 unspecified atom stereocenters. The van der Waals surface area contributed by atoms with E-state index in [1.807, 2.05) is 0 Å². The van der Waals surface area contributed by atoms with Gasteiger partial charge in [-0.2, -0.15) is 0 Å². The molecule has 1 aliphatic rings. The van der Waals surface area contributed by atoms with Gasteiger partial charge in [-0.05, 0) is 37.3 Å². The number of rotatable bonds is 3. The molecular formula is C16H22F2N2O. The average molecular weight is 296 g/mol. The second kappa shape index (κ2) is 6.87. The van der Waals surface area contributed by atoms with Crippen molar-refractivity contribution in [1.29, 1.82) is 0 Å². The van der Waals surface area contributed by atoms with Gasteiger partial charge in [0, 0.05) is 25.7 Å². The molecule has 1 N–H and O–H groups in total. The minimum Gasteiger partial charge on any atom is -0.383 e. The molecule has 21 heavy (non-hydrogen) atoms. The first kappa shape index (κ1) is 15.7. The lowest BCUT2D eigenvalue weighted by atomic mass is 9.98. The molecular weight excluding hydrogens is 274 g/mol. The maximum absolute atomic E-state index is 13.8. The van der Waals surface area contributed by atoms with Crippen molar-refractivity contribution in [1.82, 2.24) is 4.90 Å². The maximum Gasteiger partial charge on any atom is 0.254 e. The Hall–Kier alpha value is -1.65. The summed E-state index contributed by atoms with van der Waals surface area (Å²) in [6.45, 7) is 3.48. The number of hydrogen-bond acceptors (Lipinski definition) is 2. The third-order valence-electron chi connectivity index (χ3n) is 4.25. The predicted octanol–water partition coefficient (Wildman–Crippen LogP) is 3.66. The number of benzene rings is 1. The molecule has 0 saturated carbocycles. The summed E-state index contributed by atoms with van der Waals surface area (Å²) in [7, 11) is 1.45. The molecule has 0 bridgehead atoms. The van der Waals surface area contributed by atoms with Gasteiger partial charge in [0.25, 0.3) is 5.91 Å². The van der Waals surface area contributed by atoms with Crippen molar-refractivity contribution in [2.24, 2.45) is 5.92 Å². The molecule has 0 spiro atoms. The molecule has 3 nitrogen and oxygen atoms in total. The molecule has 0 radical (unpaired) electrons. The van der Waals surface area contributed by atoms with Crippen LogP contribution in [0.25, 0.3) is 0 Å². The van der Waals surface area contributed by atoms with Crippen LogP contribution in [-0.4, -0.2) is 30.9 Å². The summed E-state index contributed by atoms with van der Waals surface area (Å²) in [5.74, 6) is -1.11. The Labute approximate surface area is 124 Å². The number of likely N-dealkylation sites (tertiary alicyclic amines) is 1. The lowest BCUT2D eigenvalue weighted by Gasteiger charge is -2.21. The Morgan fingerprint density at radius 1 is 1.29 bits per heavy atom. The monoisotopic (exact) mass is 296 g/mol. The molecule has 1 atom stereocenters. The predicted molar refractivity (Wildman–Crippen MR) is 79.4 cm³/mol. The van der Waals surface area contributed by atoms with Crippen molar-refractivity contribution < 1.29 is 13.6 Å². The van der Waals surface area contributed by atoms with E-state index in [1.165, 1.54) is 7.05 Å². The van der Waals surface area contributed by atoms with Crippen LogP contribution in [0, 0.1) is 17.6 Å². The van der Waals surface area contributed by atoms with Crippen LogP contribution in [0.2, 0.25) is 0 Å². The lowest BCUT2D eigenvalue weighted by molar-refractivity contribution is 0.0759. The van der Waals surface area contributed by atoms with Gasteiger partial charge >= 0.3 is 0 Å². The van der Waals surface area contributed by atoms with Crippen LogP contribution >= 0.6 is 0 Å².